The molecular weight excluding hydrogens is 440 g/mol. The zero-order valence-corrected chi connectivity index (χ0v) is 17.8. The van der Waals surface area contributed by atoms with E-state index in [0.717, 1.165) is 5.56 Å². The number of benzene rings is 3. The standard InChI is InChI=1S/C24H16Cl2FNO3/c1-13-2-9-17(10-3-13)28-21(14-4-7-16(27)8-5-14)20(23(30)24(28)31)22(29)15-6-11-18(25)19(26)12-15/h2-12,21,29H,1H3/b22-20-. The van der Waals surface area contributed by atoms with Gasteiger partial charge in [0, 0.05) is 11.3 Å². The molecule has 0 aliphatic carbocycles. The monoisotopic (exact) mass is 455 g/mol. The number of nitrogens with zero attached hydrogens (tertiary/aromatic N) is 1. The van der Waals surface area contributed by atoms with Crippen LogP contribution in [0, 0.1) is 12.7 Å². The van der Waals surface area contributed by atoms with E-state index < -0.39 is 23.5 Å². The first-order valence-corrected chi connectivity index (χ1v) is 10.1. The first-order chi connectivity index (χ1) is 14.8. The molecule has 1 fully saturated rings. The predicted octanol–water partition coefficient (Wildman–Crippen LogP) is 6.07. The number of hydrogen-bond acceptors (Lipinski definition) is 3. The molecule has 1 unspecified atom stereocenters. The number of ketones is 1. The maximum atomic E-state index is 13.6. The molecule has 0 aromatic heterocycles. The minimum atomic E-state index is -0.947. The van der Waals surface area contributed by atoms with Gasteiger partial charge in [-0.2, -0.15) is 0 Å². The summed E-state index contributed by atoms with van der Waals surface area (Å²) < 4.78 is 13.6. The Balaban J connectivity index is 1.94. The van der Waals surface area contributed by atoms with Crippen LogP contribution in [0.1, 0.15) is 22.7 Å². The molecule has 0 spiro atoms. The van der Waals surface area contributed by atoms with Crippen molar-refractivity contribution in [3.05, 3.63) is 105 Å². The number of aryl methyl sites for hydroxylation is 1. The van der Waals surface area contributed by atoms with E-state index in [9.17, 15) is 19.1 Å². The van der Waals surface area contributed by atoms with E-state index in [4.69, 9.17) is 23.2 Å². The highest BCUT2D eigenvalue weighted by molar-refractivity contribution is 6.51. The summed E-state index contributed by atoms with van der Waals surface area (Å²) in [6.45, 7) is 1.90. The second-order valence-electron chi connectivity index (χ2n) is 7.19. The second kappa shape index (κ2) is 8.17. The largest absolute Gasteiger partial charge is 0.507 e. The molecule has 0 bridgehead atoms. The molecule has 0 radical (unpaired) electrons. The Bertz CT molecular complexity index is 1220. The lowest BCUT2D eigenvalue weighted by Gasteiger charge is -2.25. The average Bonchev–Trinajstić information content (AvgIpc) is 3.01. The van der Waals surface area contributed by atoms with E-state index >= 15 is 0 Å². The molecule has 1 saturated heterocycles. The highest BCUT2D eigenvalue weighted by Crippen LogP contribution is 2.42. The van der Waals surface area contributed by atoms with Crippen molar-refractivity contribution in [1.29, 1.82) is 0 Å². The number of Topliss-reactive ketones (excluding diaryl/α,β-unsaturated/α-hetero) is 1. The van der Waals surface area contributed by atoms with Gasteiger partial charge in [0.25, 0.3) is 11.7 Å². The fourth-order valence-electron chi connectivity index (χ4n) is 3.56. The summed E-state index contributed by atoms with van der Waals surface area (Å²) in [4.78, 5) is 27.4. The lowest BCUT2D eigenvalue weighted by molar-refractivity contribution is -0.132. The number of aliphatic hydroxyl groups excluding tert-OH is 1. The normalized spacial score (nSPS) is 17.9. The minimum Gasteiger partial charge on any atom is -0.507 e. The third-order valence-corrected chi connectivity index (χ3v) is 5.87. The lowest BCUT2D eigenvalue weighted by Crippen LogP contribution is -2.29. The summed E-state index contributed by atoms with van der Waals surface area (Å²) in [7, 11) is 0. The molecule has 1 aliphatic rings. The van der Waals surface area contributed by atoms with Gasteiger partial charge in [-0.05, 0) is 55.0 Å². The molecule has 1 aliphatic heterocycles. The van der Waals surface area contributed by atoms with Gasteiger partial charge in [0.2, 0.25) is 0 Å². The highest BCUT2D eigenvalue weighted by Gasteiger charge is 2.46. The van der Waals surface area contributed by atoms with Crippen molar-refractivity contribution < 1.29 is 19.1 Å². The first kappa shape index (κ1) is 21.1. The van der Waals surface area contributed by atoms with Gasteiger partial charge in [0.1, 0.15) is 11.6 Å². The second-order valence-corrected chi connectivity index (χ2v) is 8.00. The SMILES string of the molecule is Cc1ccc(N2C(=O)C(=O)/C(=C(\O)c3ccc(Cl)c(Cl)c3)C2c2ccc(F)cc2)cc1. The Kier molecular flexibility index (Phi) is 5.56. The minimum absolute atomic E-state index is 0.115. The summed E-state index contributed by atoms with van der Waals surface area (Å²) in [5, 5.41) is 11.5. The summed E-state index contributed by atoms with van der Waals surface area (Å²) in [6, 6.07) is 16.0. The van der Waals surface area contributed by atoms with Gasteiger partial charge < -0.3 is 5.11 Å². The molecule has 31 heavy (non-hydrogen) atoms. The van der Waals surface area contributed by atoms with Crippen molar-refractivity contribution in [3.63, 3.8) is 0 Å². The number of halogens is 3. The van der Waals surface area contributed by atoms with Crippen LogP contribution in [-0.4, -0.2) is 16.8 Å². The number of anilines is 1. The maximum absolute atomic E-state index is 13.6. The number of carbonyl (C=O) groups is 2. The Morgan fingerprint density at radius 3 is 2.19 bits per heavy atom. The number of aliphatic hydroxyl groups is 1. The van der Waals surface area contributed by atoms with Crippen LogP contribution >= 0.6 is 23.2 Å². The van der Waals surface area contributed by atoms with Crippen molar-refractivity contribution in [2.45, 2.75) is 13.0 Å². The van der Waals surface area contributed by atoms with Crippen LogP contribution in [0.3, 0.4) is 0 Å². The van der Waals surface area contributed by atoms with Crippen molar-refractivity contribution >= 4 is 46.3 Å². The quantitative estimate of drug-likeness (QED) is 0.296. The van der Waals surface area contributed by atoms with Crippen molar-refractivity contribution in [1.82, 2.24) is 0 Å². The Morgan fingerprint density at radius 1 is 0.935 bits per heavy atom. The van der Waals surface area contributed by atoms with E-state index in [-0.39, 0.29) is 26.9 Å². The molecule has 1 heterocycles. The number of rotatable bonds is 3. The predicted molar refractivity (Wildman–Crippen MR) is 119 cm³/mol. The third kappa shape index (κ3) is 3.82. The molecule has 156 valence electrons. The van der Waals surface area contributed by atoms with E-state index in [0.29, 0.717) is 11.3 Å². The summed E-state index contributed by atoms with van der Waals surface area (Å²) in [5.41, 5.74) is 2.06. The molecule has 0 saturated carbocycles. The summed E-state index contributed by atoms with van der Waals surface area (Å²) in [6.07, 6.45) is 0. The molecule has 7 heteroatoms. The molecule has 1 atom stereocenters. The third-order valence-electron chi connectivity index (χ3n) is 5.14. The van der Waals surface area contributed by atoms with Crippen molar-refractivity contribution in [2.24, 2.45) is 0 Å². The van der Waals surface area contributed by atoms with Gasteiger partial charge in [0.15, 0.2) is 0 Å². The van der Waals surface area contributed by atoms with E-state index in [2.05, 4.69) is 0 Å². The Morgan fingerprint density at radius 2 is 1.58 bits per heavy atom. The van der Waals surface area contributed by atoms with Crippen molar-refractivity contribution in [3.8, 4) is 0 Å². The fraction of sp³-hybridized carbons (Fsp3) is 0.0833. The van der Waals surface area contributed by atoms with Gasteiger partial charge in [-0.1, -0.05) is 53.0 Å². The molecule has 4 nitrogen and oxygen atoms in total. The first-order valence-electron chi connectivity index (χ1n) is 9.36. The highest BCUT2D eigenvalue weighted by atomic mass is 35.5. The van der Waals surface area contributed by atoms with Gasteiger partial charge in [-0.25, -0.2) is 4.39 Å². The Labute approximate surface area is 188 Å². The van der Waals surface area contributed by atoms with E-state index in [1.54, 1.807) is 12.1 Å². The average molecular weight is 456 g/mol. The smallest absolute Gasteiger partial charge is 0.300 e. The van der Waals surface area contributed by atoms with Gasteiger partial charge >= 0.3 is 0 Å². The fourth-order valence-corrected chi connectivity index (χ4v) is 3.86. The number of amides is 1. The molecule has 1 N–H and O–H groups in total. The maximum Gasteiger partial charge on any atom is 0.300 e. The van der Waals surface area contributed by atoms with E-state index in [1.807, 2.05) is 19.1 Å². The molecule has 1 amide bonds. The molecule has 4 rings (SSSR count). The van der Waals surface area contributed by atoms with Gasteiger partial charge in [-0.3, -0.25) is 14.5 Å². The zero-order valence-electron chi connectivity index (χ0n) is 16.3. The Hall–Kier alpha value is -3.15. The van der Waals surface area contributed by atoms with Crippen LogP contribution in [0.5, 0.6) is 0 Å². The number of hydrogen-bond donors (Lipinski definition) is 1. The van der Waals surface area contributed by atoms with E-state index in [1.165, 1.54) is 47.4 Å². The van der Waals surface area contributed by atoms with Crippen LogP contribution in [0.4, 0.5) is 10.1 Å². The van der Waals surface area contributed by atoms with Crippen LogP contribution in [0.2, 0.25) is 10.0 Å². The van der Waals surface area contributed by atoms with Crippen LogP contribution in [0.15, 0.2) is 72.3 Å². The van der Waals surface area contributed by atoms with Crippen LogP contribution in [-0.2, 0) is 9.59 Å². The molecule has 3 aromatic carbocycles. The zero-order chi connectivity index (χ0) is 22.3. The van der Waals surface area contributed by atoms with Crippen LogP contribution < -0.4 is 4.90 Å². The molecular formula is C24H16Cl2FNO3. The number of carbonyl (C=O) groups excluding carboxylic acids is 2. The summed E-state index contributed by atoms with van der Waals surface area (Å²) >= 11 is 12.0. The summed E-state index contributed by atoms with van der Waals surface area (Å²) in [5.74, 6) is -2.49. The van der Waals surface area contributed by atoms with Gasteiger partial charge in [-0.15, -0.1) is 0 Å². The van der Waals surface area contributed by atoms with Gasteiger partial charge in [0.05, 0.1) is 21.7 Å². The van der Waals surface area contributed by atoms with Crippen LogP contribution in [0.25, 0.3) is 5.76 Å². The topological polar surface area (TPSA) is 57.6 Å². The lowest BCUT2D eigenvalue weighted by atomic mass is 9.95. The van der Waals surface area contributed by atoms with Crippen molar-refractivity contribution in [2.75, 3.05) is 4.90 Å². The molecule has 3 aromatic rings.